The van der Waals surface area contributed by atoms with Crippen LogP contribution < -0.4 is 15.8 Å². The average molecular weight is 292 g/mol. The van der Waals surface area contributed by atoms with Crippen LogP contribution in [0.1, 0.15) is 0 Å². The first-order chi connectivity index (χ1) is 10.2. The number of nitrogens with zero attached hydrogens (tertiary/aromatic N) is 2. The van der Waals surface area contributed by atoms with Crippen molar-refractivity contribution in [3.8, 4) is 5.75 Å². The number of hydrogen-bond donors (Lipinski definition) is 2. The van der Waals surface area contributed by atoms with Crippen LogP contribution in [0.2, 0.25) is 0 Å². The summed E-state index contributed by atoms with van der Waals surface area (Å²) in [4.78, 5) is 17.7. The van der Waals surface area contributed by atoms with Crippen LogP contribution in [0.25, 0.3) is 0 Å². The van der Waals surface area contributed by atoms with Gasteiger partial charge in [-0.1, -0.05) is 6.07 Å². The van der Waals surface area contributed by atoms with Crippen LogP contribution in [0.3, 0.4) is 0 Å². The van der Waals surface area contributed by atoms with Gasteiger partial charge in [0, 0.05) is 24.8 Å². The maximum Gasteiger partial charge on any atom is 0.244 e. The predicted molar refractivity (Wildman–Crippen MR) is 80.5 cm³/mol. The predicted octanol–water partition coefficient (Wildman–Crippen LogP) is 0.281. The highest BCUT2D eigenvalue weighted by molar-refractivity contribution is 5.94. The van der Waals surface area contributed by atoms with E-state index in [1.807, 2.05) is 18.2 Å². The molecule has 3 N–H and O–H groups in total. The minimum atomic E-state index is -0.0475. The highest BCUT2D eigenvalue weighted by atomic mass is 16.5. The lowest BCUT2D eigenvalue weighted by Crippen LogP contribution is -2.42. The van der Waals surface area contributed by atoms with E-state index in [2.05, 4.69) is 10.3 Å². The van der Waals surface area contributed by atoms with Gasteiger partial charge >= 0.3 is 0 Å². The molecule has 0 radical (unpaired) electrons. The molecule has 1 saturated heterocycles. The van der Waals surface area contributed by atoms with Crippen LogP contribution in [0.5, 0.6) is 5.75 Å². The van der Waals surface area contributed by atoms with Gasteiger partial charge in [0.1, 0.15) is 12.3 Å². The molecule has 1 aromatic rings. The van der Waals surface area contributed by atoms with E-state index in [1.165, 1.54) is 0 Å². The van der Waals surface area contributed by atoms with E-state index in [0.29, 0.717) is 26.3 Å². The molecule has 0 unspecified atom stereocenters. The van der Waals surface area contributed by atoms with Crippen LogP contribution in [0.4, 0.5) is 5.69 Å². The van der Waals surface area contributed by atoms with Crippen LogP contribution in [0, 0.1) is 0 Å². The van der Waals surface area contributed by atoms with Crippen molar-refractivity contribution in [1.29, 1.82) is 0 Å². The van der Waals surface area contributed by atoms with E-state index in [4.69, 9.17) is 15.2 Å². The molecule has 114 valence electrons. The third-order valence-corrected chi connectivity index (χ3v) is 3.09. The number of ether oxygens (including phenoxy) is 2. The zero-order valence-electron chi connectivity index (χ0n) is 12.0. The second-order valence-electron chi connectivity index (χ2n) is 4.55. The van der Waals surface area contributed by atoms with Gasteiger partial charge in [-0.15, -0.1) is 0 Å². The molecule has 2 rings (SSSR count). The molecular formula is C14H20N4O3. The molecule has 1 aromatic carbocycles. The molecule has 1 aliphatic heterocycles. The fraction of sp³-hybridized carbons (Fsp3) is 0.429. The Labute approximate surface area is 123 Å². The van der Waals surface area contributed by atoms with Gasteiger partial charge in [-0.3, -0.25) is 4.79 Å². The summed E-state index contributed by atoms with van der Waals surface area (Å²) in [5.41, 5.74) is 6.54. The summed E-state index contributed by atoms with van der Waals surface area (Å²) in [5.74, 6) is 0.871. The molecule has 1 heterocycles. The first kappa shape index (κ1) is 15.1. The largest absolute Gasteiger partial charge is 0.497 e. The van der Waals surface area contributed by atoms with Gasteiger partial charge in [-0.2, -0.15) is 0 Å². The Hall–Kier alpha value is -2.28. The summed E-state index contributed by atoms with van der Waals surface area (Å²) in [6.45, 7) is 2.40. The highest BCUT2D eigenvalue weighted by Gasteiger charge is 2.15. The fourth-order valence-electron chi connectivity index (χ4n) is 1.95. The monoisotopic (exact) mass is 292 g/mol. The first-order valence-electron chi connectivity index (χ1n) is 6.75. The van der Waals surface area contributed by atoms with Crippen molar-refractivity contribution >= 4 is 17.6 Å². The third kappa shape index (κ3) is 4.64. The maximum absolute atomic E-state index is 11.9. The highest BCUT2D eigenvalue weighted by Crippen LogP contribution is 2.16. The Morgan fingerprint density at radius 2 is 2.24 bits per heavy atom. The fourth-order valence-corrected chi connectivity index (χ4v) is 1.95. The molecular weight excluding hydrogens is 272 g/mol. The quantitative estimate of drug-likeness (QED) is 0.614. The summed E-state index contributed by atoms with van der Waals surface area (Å²) in [6, 6.07) is 7.31. The number of morpholine rings is 1. The molecule has 7 nitrogen and oxygen atoms in total. The molecule has 1 aliphatic rings. The molecule has 0 spiro atoms. The van der Waals surface area contributed by atoms with Gasteiger partial charge in [-0.25, -0.2) is 4.99 Å². The summed E-state index contributed by atoms with van der Waals surface area (Å²) in [6.07, 6.45) is 0. The Kier molecular flexibility index (Phi) is 5.39. The Morgan fingerprint density at radius 1 is 1.48 bits per heavy atom. The molecule has 1 fully saturated rings. The maximum atomic E-state index is 11.9. The summed E-state index contributed by atoms with van der Waals surface area (Å²) < 4.78 is 10.3. The van der Waals surface area contributed by atoms with Gasteiger partial charge in [0.05, 0.1) is 20.3 Å². The van der Waals surface area contributed by atoms with Crippen molar-refractivity contribution in [2.75, 3.05) is 45.3 Å². The number of guanidine groups is 1. The molecule has 0 bridgehead atoms. The minimum absolute atomic E-state index is 0.0306. The molecule has 0 atom stereocenters. The number of rotatable bonds is 4. The molecule has 21 heavy (non-hydrogen) atoms. The molecule has 0 saturated carbocycles. The Bertz CT molecular complexity index is 513. The number of nitrogens with two attached hydrogens (primary N) is 1. The van der Waals surface area contributed by atoms with Crippen LogP contribution in [-0.2, 0) is 9.53 Å². The van der Waals surface area contributed by atoms with Gasteiger partial charge < -0.3 is 25.4 Å². The zero-order valence-corrected chi connectivity index (χ0v) is 12.0. The van der Waals surface area contributed by atoms with Gasteiger partial charge in [0.15, 0.2) is 5.96 Å². The average Bonchev–Trinajstić information content (AvgIpc) is 2.53. The van der Waals surface area contributed by atoms with E-state index < -0.39 is 0 Å². The number of benzene rings is 1. The van der Waals surface area contributed by atoms with Crippen molar-refractivity contribution in [2.45, 2.75) is 0 Å². The smallest absolute Gasteiger partial charge is 0.244 e. The second-order valence-corrected chi connectivity index (χ2v) is 4.55. The van der Waals surface area contributed by atoms with Crippen molar-refractivity contribution in [1.82, 2.24) is 4.90 Å². The second kappa shape index (κ2) is 7.49. The summed E-state index contributed by atoms with van der Waals surface area (Å²) in [5, 5.41) is 2.93. The number of nitrogens with one attached hydrogen (secondary N) is 1. The van der Waals surface area contributed by atoms with Crippen LogP contribution in [0.15, 0.2) is 29.3 Å². The van der Waals surface area contributed by atoms with E-state index >= 15 is 0 Å². The molecule has 7 heteroatoms. The number of amides is 1. The van der Waals surface area contributed by atoms with Gasteiger partial charge in [-0.05, 0) is 12.1 Å². The Morgan fingerprint density at radius 3 is 2.95 bits per heavy atom. The van der Waals surface area contributed by atoms with Gasteiger partial charge in [0.25, 0.3) is 0 Å². The number of aliphatic imine (C=N–C) groups is 1. The number of carbonyl (C=O) groups is 1. The van der Waals surface area contributed by atoms with Crippen molar-refractivity contribution in [2.24, 2.45) is 10.7 Å². The van der Waals surface area contributed by atoms with E-state index in [9.17, 15) is 4.79 Å². The zero-order chi connectivity index (χ0) is 15.1. The van der Waals surface area contributed by atoms with Crippen molar-refractivity contribution in [3.05, 3.63) is 24.3 Å². The lowest BCUT2D eigenvalue weighted by atomic mass is 10.3. The molecule has 0 aromatic heterocycles. The molecule has 1 amide bonds. The number of anilines is 1. The topological polar surface area (TPSA) is 89.2 Å². The SMILES string of the molecule is COc1cccc(NC(N)=NCC(=O)N2CCOCC2)c1. The normalized spacial score (nSPS) is 15.7. The minimum Gasteiger partial charge on any atom is -0.497 e. The molecule has 0 aliphatic carbocycles. The third-order valence-electron chi connectivity index (χ3n) is 3.09. The standard InChI is InChI=1S/C14H20N4O3/c1-20-12-4-2-3-11(9-12)17-14(15)16-10-13(19)18-5-7-21-8-6-18/h2-4,9H,5-8,10H2,1H3,(H3,15,16,17). The summed E-state index contributed by atoms with van der Waals surface area (Å²) >= 11 is 0. The number of methoxy groups -OCH3 is 1. The lowest BCUT2D eigenvalue weighted by molar-refractivity contribution is -0.133. The number of carbonyl (C=O) groups excluding carboxylic acids is 1. The first-order valence-corrected chi connectivity index (χ1v) is 6.75. The Balaban J connectivity index is 1.86. The van der Waals surface area contributed by atoms with Crippen molar-refractivity contribution < 1.29 is 14.3 Å². The van der Waals surface area contributed by atoms with E-state index in [0.717, 1.165) is 11.4 Å². The van der Waals surface area contributed by atoms with E-state index in [1.54, 1.807) is 18.1 Å². The summed E-state index contributed by atoms with van der Waals surface area (Å²) in [7, 11) is 1.59. The van der Waals surface area contributed by atoms with Gasteiger partial charge in [0.2, 0.25) is 5.91 Å². The lowest BCUT2D eigenvalue weighted by Gasteiger charge is -2.26. The van der Waals surface area contributed by atoms with Crippen LogP contribution >= 0.6 is 0 Å². The number of hydrogen-bond acceptors (Lipinski definition) is 4. The van der Waals surface area contributed by atoms with Crippen LogP contribution in [-0.4, -0.2) is 56.7 Å². The van der Waals surface area contributed by atoms with E-state index in [-0.39, 0.29) is 18.4 Å². The van der Waals surface area contributed by atoms with Crippen molar-refractivity contribution in [3.63, 3.8) is 0 Å².